The summed E-state index contributed by atoms with van der Waals surface area (Å²) in [7, 11) is 0. The second-order valence-corrected chi connectivity index (χ2v) is 5.80. The van der Waals surface area contributed by atoms with Gasteiger partial charge < -0.3 is 10.4 Å². The number of hydrogen-bond donors (Lipinski definition) is 2. The van der Waals surface area contributed by atoms with Crippen molar-refractivity contribution in [3.8, 4) is 0 Å². The summed E-state index contributed by atoms with van der Waals surface area (Å²) in [6.07, 6.45) is 0.801. The summed E-state index contributed by atoms with van der Waals surface area (Å²) in [5, 5.41) is 12.6. The lowest BCUT2D eigenvalue weighted by Crippen LogP contribution is -2.40. The first-order chi connectivity index (χ1) is 7.93. The van der Waals surface area contributed by atoms with Gasteiger partial charge in [-0.05, 0) is 24.3 Å². The van der Waals surface area contributed by atoms with Crippen LogP contribution < -0.4 is 5.32 Å². The second-order valence-electron chi connectivity index (χ2n) is 5.80. The third-order valence-corrected chi connectivity index (χ3v) is 3.14. The van der Waals surface area contributed by atoms with Gasteiger partial charge in [-0.1, -0.05) is 50.6 Å². The minimum Gasteiger partial charge on any atom is -0.396 e. The smallest absolute Gasteiger partial charge is 0.0446 e. The fourth-order valence-corrected chi connectivity index (χ4v) is 1.92. The van der Waals surface area contributed by atoms with E-state index >= 15 is 0 Å². The number of hydrogen-bond acceptors (Lipinski definition) is 2. The zero-order valence-electron chi connectivity index (χ0n) is 11.5. The van der Waals surface area contributed by atoms with E-state index in [1.54, 1.807) is 0 Å². The van der Waals surface area contributed by atoms with Crippen molar-refractivity contribution in [2.75, 3.05) is 6.61 Å². The van der Waals surface area contributed by atoms with Gasteiger partial charge >= 0.3 is 0 Å². The molecule has 17 heavy (non-hydrogen) atoms. The summed E-state index contributed by atoms with van der Waals surface area (Å²) in [6, 6.07) is 8.92. The Kier molecular flexibility index (Phi) is 5.16. The van der Waals surface area contributed by atoms with Gasteiger partial charge in [0.1, 0.15) is 0 Å². The van der Waals surface area contributed by atoms with Crippen molar-refractivity contribution in [2.45, 2.75) is 46.7 Å². The molecule has 0 saturated heterocycles. The highest BCUT2D eigenvalue weighted by Crippen LogP contribution is 2.22. The SMILES string of the molecule is Cc1ccc(CNC(CCO)C(C)(C)C)cc1. The van der Waals surface area contributed by atoms with E-state index < -0.39 is 0 Å². The van der Waals surface area contributed by atoms with E-state index in [9.17, 15) is 0 Å². The Labute approximate surface area is 105 Å². The van der Waals surface area contributed by atoms with E-state index in [2.05, 4.69) is 57.3 Å². The van der Waals surface area contributed by atoms with Crippen molar-refractivity contribution in [1.82, 2.24) is 5.32 Å². The zero-order valence-corrected chi connectivity index (χ0v) is 11.5. The van der Waals surface area contributed by atoms with E-state index in [0.717, 1.165) is 13.0 Å². The Hall–Kier alpha value is -0.860. The van der Waals surface area contributed by atoms with Crippen molar-refractivity contribution < 1.29 is 5.11 Å². The Morgan fingerprint density at radius 3 is 2.24 bits per heavy atom. The van der Waals surface area contributed by atoms with E-state index in [1.807, 2.05) is 0 Å². The Balaban J connectivity index is 2.54. The molecule has 0 aromatic heterocycles. The molecule has 1 aromatic rings. The number of aliphatic hydroxyl groups is 1. The summed E-state index contributed by atoms with van der Waals surface area (Å²) in [5.74, 6) is 0. The standard InChI is InChI=1S/C15H25NO/c1-12-5-7-13(8-6-12)11-16-14(9-10-17)15(2,3)4/h5-8,14,16-17H,9-11H2,1-4H3. The molecular formula is C15H25NO. The molecule has 0 aliphatic heterocycles. The molecular weight excluding hydrogens is 210 g/mol. The molecule has 2 heteroatoms. The molecule has 1 atom stereocenters. The van der Waals surface area contributed by atoms with Crippen LogP contribution >= 0.6 is 0 Å². The summed E-state index contributed by atoms with van der Waals surface area (Å²) < 4.78 is 0. The van der Waals surface area contributed by atoms with E-state index in [0.29, 0.717) is 6.04 Å². The van der Waals surface area contributed by atoms with Crippen LogP contribution in [-0.4, -0.2) is 17.8 Å². The third kappa shape index (κ3) is 4.88. The molecule has 0 radical (unpaired) electrons. The largest absolute Gasteiger partial charge is 0.396 e. The predicted octanol–water partition coefficient (Wildman–Crippen LogP) is 2.88. The van der Waals surface area contributed by atoms with Gasteiger partial charge in [0.25, 0.3) is 0 Å². The maximum absolute atomic E-state index is 9.09. The van der Waals surface area contributed by atoms with Crippen LogP contribution in [0.25, 0.3) is 0 Å². The molecule has 0 heterocycles. The van der Waals surface area contributed by atoms with Crippen LogP contribution in [0.2, 0.25) is 0 Å². The minimum absolute atomic E-state index is 0.174. The molecule has 2 nitrogen and oxygen atoms in total. The van der Waals surface area contributed by atoms with Gasteiger partial charge in [0, 0.05) is 19.2 Å². The van der Waals surface area contributed by atoms with Crippen molar-refractivity contribution >= 4 is 0 Å². The van der Waals surface area contributed by atoms with Crippen LogP contribution in [0.5, 0.6) is 0 Å². The first-order valence-corrected chi connectivity index (χ1v) is 6.33. The van der Waals surface area contributed by atoms with Gasteiger partial charge in [0.15, 0.2) is 0 Å². The van der Waals surface area contributed by atoms with Gasteiger partial charge in [-0.2, -0.15) is 0 Å². The van der Waals surface area contributed by atoms with Crippen LogP contribution in [0.15, 0.2) is 24.3 Å². The molecule has 0 amide bonds. The maximum atomic E-state index is 9.09. The highest BCUT2D eigenvalue weighted by atomic mass is 16.3. The second kappa shape index (κ2) is 6.18. The average molecular weight is 235 g/mol. The molecule has 96 valence electrons. The lowest BCUT2D eigenvalue weighted by atomic mass is 9.85. The summed E-state index contributed by atoms with van der Waals surface area (Å²) in [5.41, 5.74) is 2.76. The molecule has 0 aliphatic rings. The zero-order chi connectivity index (χ0) is 12.9. The quantitative estimate of drug-likeness (QED) is 0.822. The van der Waals surface area contributed by atoms with Gasteiger partial charge in [0.05, 0.1) is 0 Å². The Morgan fingerprint density at radius 1 is 1.18 bits per heavy atom. The molecule has 2 N–H and O–H groups in total. The number of benzene rings is 1. The third-order valence-electron chi connectivity index (χ3n) is 3.14. The molecule has 0 spiro atoms. The van der Waals surface area contributed by atoms with Crippen LogP contribution in [0.1, 0.15) is 38.3 Å². The molecule has 0 saturated carbocycles. The molecule has 0 fully saturated rings. The highest BCUT2D eigenvalue weighted by molar-refractivity contribution is 5.21. The van der Waals surface area contributed by atoms with Crippen molar-refractivity contribution in [3.63, 3.8) is 0 Å². The molecule has 1 unspecified atom stereocenters. The maximum Gasteiger partial charge on any atom is 0.0446 e. The number of aliphatic hydroxyl groups excluding tert-OH is 1. The van der Waals surface area contributed by atoms with E-state index in [1.165, 1.54) is 11.1 Å². The van der Waals surface area contributed by atoms with Crippen LogP contribution in [-0.2, 0) is 6.54 Å². The minimum atomic E-state index is 0.174. The first kappa shape index (κ1) is 14.2. The first-order valence-electron chi connectivity index (χ1n) is 6.33. The van der Waals surface area contributed by atoms with Gasteiger partial charge in [-0.15, -0.1) is 0 Å². The highest BCUT2D eigenvalue weighted by Gasteiger charge is 2.23. The van der Waals surface area contributed by atoms with E-state index in [-0.39, 0.29) is 12.0 Å². The summed E-state index contributed by atoms with van der Waals surface area (Å²) >= 11 is 0. The van der Waals surface area contributed by atoms with Crippen molar-refractivity contribution in [1.29, 1.82) is 0 Å². The van der Waals surface area contributed by atoms with Crippen LogP contribution in [0.4, 0.5) is 0 Å². The summed E-state index contributed by atoms with van der Waals surface area (Å²) in [6.45, 7) is 9.81. The number of aryl methyl sites for hydroxylation is 1. The van der Waals surface area contributed by atoms with Crippen molar-refractivity contribution in [2.24, 2.45) is 5.41 Å². The predicted molar refractivity (Wildman–Crippen MR) is 73.0 cm³/mol. The molecule has 1 aromatic carbocycles. The Bertz CT molecular complexity index is 324. The molecule has 0 aliphatic carbocycles. The lowest BCUT2D eigenvalue weighted by Gasteiger charge is -2.31. The monoisotopic (exact) mass is 235 g/mol. The lowest BCUT2D eigenvalue weighted by molar-refractivity contribution is 0.196. The Morgan fingerprint density at radius 2 is 1.76 bits per heavy atom. The summed E-state index contributed by atoms with van der Waals surface area (Å²) in [4.78, 5) is 0. The molecule has 1 rings (SSSR count). The number of rotatable bonds is 5. The normalized spacial score (nSPS) is 13.7. The molecule has 0 bridgehead atoms. The van der Waals surface area contributed by atoms with Crippen molar-refractivity contribution in [3.05, 3.63) is 35.4 Å². The van der Waals surface area contributed by atoms with Crippen LogP contribution in [0, 0.1) is 12.3 Å². The fraction of sp³-hybridized carbons (Fsp3) is 0.600. The van der Waals surface area contributed by atoms with Gasteiger partial charge in [-0.3, -0.25) is 0 Å². The van der Waals surface area contributed by atoms with Gasteiger partial charge in [-0.25, -0.2) is 0 Å². The fourth-order valence-electron chi connectivity index (χ4n) is 1.92. The van der Waals surface area contributed by atoms with Crippen LogP contribution in [0.3, 0.4) is 0 Å². The number of nitrogens with one attached hydrogen (secondary N) is 1. The average Bonchev–Trinajstić information content (AvgIpc) is 2.25. The topological polar surface area (TPSA) is 32.3 Å². The van der Waals surface area contributed by atoms with Gasteiger partial charge in [0.2, 0.25) is 0 Å². The van der Waals surface area contributed by atoms with E-state index in [4.69, 9.17) is 5.11 Å².